The second-order valence-electron chi connectivity index (χ2n) is 6.31. The molecular formula is C21H21NO6. The van der Waals surface area contributed by atoms with E-state index in [-0.39, 0.29) is 30.2 Å². The van der Waals surface area contributed by atoms with E-state index in [0.29, 0.717) is 16.9 Å². The molecular weight excluding hydrogens is 362 g/mol. The molecule has 7 heteroatoms. The van der Waals surface area contributed by atoms with Crippen molar-refractivity contribution in [3.05, 3.63) is 65.2 Å². The minimum Gasteiger partial charge on any atom is -0.508 e. The predicted octanol–water partition coefficient (Wildman–Crippen LogP) is 2.47. The molecule has 0 bridgehead atoms. The number of phenols is 1. The number of methoxy groups -OCH3 is 2. The number of rotatable bonds is 6. The number of ketones is 1. The molecule has 2 aromatic carbocycles. The molecule has 1 fully saturated rings. The molecule has 1 saturated heterocycles. The van der Waals surface area contributed by atoms with Gasteiger partial charge in [-0.1, -0.05) is 12.1 Å². The Labute approximate surface area is 162 Å². The van der Waals surface area contributed by atoms with Crippen LogP contribution in [0.25, 0.3) is 5.76 Å². The fraction of sp³-hybridized carbons (Fsp3) is 0.238. The average molecular weight is 383 g/mol. The van der Waals surface area contributed by atoms with E-state index in [9.17, 15) is 19.8 Å². The van der Waals surface area contributed by atoms with Gasteiger partial charge in [-0.15, -0.1) is 0 Å². The van der Waals surface area contributed by atoms with Crippen LogP contribution in [0.15, 0.2) is 54.1 Å². The lowest BCUT2D eigenvalue weighted by Crippen LogP contribution is -2.32. The molecule has 0 aromatic heterocycles. The Morgan fingerprint density at radius 1 is 1.04 bits per heavy atom. The first kappa shape index (κ1) is 19.4. The number of hydrogen-bond acceptors (Lipinski definition) is 6. The summed E-state index contributed by atoms with van der Waals surface area (Å²) in [6.07, 6.45) is 0. The van der Waals surface area contributed by atoms with Gasteiger partial charge in [0.2, 0.25) is 0 Å². The van der Waals surface area contributed by atoms with E-state index >= 15 is 0 Å². The zero-order valence-electron chi connectivity index (χ0n) is 15.6. The number of carbonyl (C=O) groups excluding carboxylic acids is 2. The number of likely N-dealkylation sites (tertiary alicyclic amines) is 1. The van der Waals surface area contributed by atoms with Gasteiger partial charge >= 0.3 is 0 Å². The molecule has 28 heavy (non-hydrogen) atoms. The zero-order chi connectivity index (χ0) is 20.3. The van der Waals surface area contributed by atoms with E-state index in [2.05, 4.69) is 0 Å². The van der Waals surface area contributed by atoms with Crippen LogP contribution in [0, 0.1) is 0 Å². The Balaban J connectivity index is 2.12. The normalized spacial score (nSPS) is 18.5. The maximum Gasteiger partial charge on any atom is 0.295 e. The molecule has 1 amide bonds. The Bertz CT molecular complexity index is 901. The van der Waals surface area contributed by atoms with Crippen molar-refractivity contribution in [1.29, 1.82) is 0 Å². The summed E-state index contributed by atoms with van der Waals surface area (Å²) in [5.41, 5.74) is 0.995. The lowest BCUT2D eigenvalue weighted by Gasteiger charge is -2.25. The first-order valence-corrected chi connectivity index (χ1v) is 8.68. The van der Waals surface area contributed by atoms with Gasteiger partial charge in [-0.2, -0.15) is 0 Å². The van der Waals surface area contributed by atoms with Crippen LogP contribution in [0.4, 0.5) is 0 Å². The highest BCUT2D eigenvalue weighted by atomic mass is 16.5. The molecule has 3 rings (SSSR count). The van der Waals surface area contributed by atoms with Gasteiger partial charge < -0.3 is 24.6 Å². The van der Waals surface area contributed by atoms with Crippen LogP contribution in [-0.2, 0) is 14.3 Å². The molecule has 7 nitrogen and oxygen atoms in total. The number of phenolic OH excluding ortho intramolecular Hbond substituents is 1. The van der Waals surface area contributed by atoms with E-state index in [1.807, 2.05) is 0 Å². The maximum atomic E-state index is 12.7. The first-order chi connectivity index (χ1) is 13.5. The van der Waals surface area contributed by atoms with E-state index in [4.69, 9.17) is 9.47 Å². The number of aromatic hydroxyl groups is 1. The fourth-order valence-corrected chi connectivity index (χ4v) is 3.21. The number of benzene rings is 2. The third kappa shape index (κ3) is 3.57. The van der Waals surface area contributed by atoms with Crippen LogP contribution in [0.1, 0.15) is 17.2 Å². The average Bonchev–Trinajstić information content (AvgIpc) is 2.97. The van der Waals surface area contributed by atoms with Crippen LogP contribution < -0.4 is 4.74 Å². The summed E-state index contributed by atoms with van der Waals surface area (Å²) in [4.78, 5) is 26.7. The fourth-order valence-electron chi connectivity index (χ4n) is 3.21. The van der Waals surface area contributed by atoms with E-state index < -0.39 is 17.7 Å². The third-order valence-corrected chi connectivity index (χ3v) is 4.65. The minimum atomic E-state index is -0.780. The number of aliphatic hydroxyl groups excluding tert-OH is 1. The van der Waals surface area contributed by atoms with Gasteiger partial charge in [-0.3, -0.25) is 9.59 Å². The van der Waals surface area contributed by atoms with Crippen LogP contribution in [-0.4, -0.2) is 54.2 Å². The number of amides is 1. The van der Waals surface area contributed by atoms with Crippen molar-refractivity contribution in [3.63, 3.8) is 0 Å². The molecule has 1 aliphatic rings. The monoisotopic (exact) mass is 383 g/mol. The third-order valence-electron chi connectivity index (χ3n) is 4.65. The summed E-state index contributed by atoms with van der Waals surface area (Å²) in [5.74, 6) is -1.06. The number of Topliss-reactive ketones (excluding diaryl/α,β-unsaturated/α-hetero) is 1. The van der Waals surface area contributed by atoms with Gasteiger partial charge in [0, 0.05) is 19.2 Å². The molecule has 1 atom stereocenters. The van der Waals surface area contributed by atoms with Crippen LogP contribution >= 0.6 is 0 Å². The highest BCUT2D eigenvalue weighted by Gasteiger charge is 2.45. The topological polar surface area (TPSA) is 96.3 Å². The van der Waals surface area contributed by atoms with Gasteiger partial charge in [-0.25, -0.2) is 0 Å². The summed E-state index contributed by atoms with van der Waals surface area (Å²) < 4.78 is 10.2. The highest BCUT2D eigenvalue weighted by molar-refractivity contribution is 6.46. The van der Waals surface area contributed by atoms with Crippen LogP contribution in [0.2, 0.25) is 0 Å². The van der Waals surface area contributed by atoms with Crippen molar-refractivity contribution >= 4 is 17.4 Å². The SMILES string of the molecule is COCCN1C(=O)C(=O)C(=C(O)c2ccc(OC)cc2)C1c1ccc(O)cc1. The van der Waals surface area contributed by atoms with Gasteiger partial charge in [-0.05, 0) is 42.0 Å². The van der Waals surface area contributed by atoms with Crippen LogP contribution in [0.3, 0.4) is 0 Å². The maximum absolute atomic E-state index is 12.7. The molecule has 2 N–H and O–H groups in total. The molecule has 146 valence electrons. The minimum absolute atomic E-state index is 0.00282. The number of hydrogen-bond donors (Lipinski definition) is 2. The number of carbonyl (C=O) groups is 2. The molecule has 2 aromatic rings. The van der Waals surface area contributed by atoms with Gasteiger partial charge in [0.25, 0.3) is 11.7 Å². The highest BCUT2D eigenvalue weighted by Crippen LogP contribution is 2.39. The number of ether oxygens (including phenoxy) is 2. The quantitative estimate of drug-likeness (QED) is 0.452. The first-order valence-electron chi connectivity index (χ1n) is 8.68. The molecule has 0 aliphatic carbocycles. The van der Waals surface area contributed by atoms with Gasteiger partial charge in [0.1, 0.15) is 17.3 Å². The summed E-state index contributed by atoms with van der Waals surface area (Å²) >= 11 is 0. The Kier molecular flexibility index (Phi) is 5.65. The molecule has 0 saturated carbocycles. The second-order valence-corrected chi connectivity index (χ2v) is 6.31. The molecule has 1 unspecified atom stereocenters. The Hall–Kier alpha value is -3.32. The summed E-state index contributed by atoms with van der Waals surface area (Å²) in [6.45, 7) is 0.427. The van der Waals surface area contributed by atoms with Crippen molar-refractivity contribution in [3.8, 4) is 11.5 Å². The summed E-state index contributed by atoms with van der Waals surface area (Å²) in [6, 6.07) is 11.9. The van der Waals surface area contributed by atoms with E-state index in [0.717, 1.165) is 0 Å². The molecule has 0 spiro atoms. The van der Waals surface area contributed by atoms with Crippen LogP contribution in [0.5, 0.6) is 11.5 Å². The van der Waals surface area contributed by atoms with Crippen molar-refractivity contribution in [2.45, 2.75) is 6.04 Å². The van der Waals surface area contributed by atoms with E-state index in [1.165, 1.54) is 31.3 Å². The Morgan fingerprint density at radius 2 is 1.68 bits per heavy atom. The lowest BCUT2D eigenvalue weighted by atomic mass is 9.95. The molecule has 1 aliphatic heterocycles. The summed E-state index contributed by atoms with van der Waals surface area (Å²) in [7, 11) is 3.03. The summed E-state index contributed by atoms with van der Waals surface area (Å²) in [5, 5.41) is 20.4. The zero-order valence-corrected chi connectivity index (χ0v) is 15.6. The predicted molar refractivity (Wildman–Crippen MR) is 102 cm³/mol. The van der Waals surface area contributed by atoms with Gasteiger partial charge in [0.15, 0.2) is 0 Å². The number of aliphatic hydroxyl groups is 1. The van der Waals surface area contributed by atoms with Gasteiger partial charge in [0.05, 0.1) is 25.3 Å². The standard InChI is InChI=1S/C21H21NO6/c1-27-12-11-22-18(13-3-7-15(23)8-4-13)17(20(25)21(22)26)19(24)14-5-9-16(28-2)10-6-14/h3-10,18,23-24H,11-12H2,1-2H3. The second kappa shape index (κ2) is 8.14. The van der Waals surface area contributed by atoms with Crippen molar-refractivity contribution in [2.75, 3.05) is 27.4 Å². The van der Waals surface area contributed by atoms with Crippen molar-refractivity contribution < 1.29 is 29.3 Å². The van der Waals surface area contributed by atoms with E-state index in [1.54, 1.807) is 36.4 Å². The van der Waals surface area contributed by atoms with Crippen molar-refractivity contribution in [1.82, 2.24) is 4.90 Å². The largest absolute Gasteiger partial charge is 0.508 e. The Morgan fingerprint density at radius 3 is 2.25 bits per heavy atom. The molecule has 0 radical (unpaired) electrons. The van der Waals surface area contributed by atoms with Crippen molar-refractivity contribution in [2.24, 2.45) is 0 Å². The number of nitrogens with zero attached hydrogens (tertiary/aromatic N) is 1. The smallest absolute Gasteiger partial charge is 0.295 e. The lowest BCUT2D eigenvalue weighted by molar-refractivity contribution is -0.140. The molecule has 1 heterocycles.